The van der Waals surface area contributed by atoms with Crippen LogP contribution in [-0.2, 0) is 29.3 Å². The molecule has 0 aromatic heterocycles. The first-order valence-corrected chi connectivity index (χ1v) is 12.3. The summed E-state index contributed by atoms with van der Waals surface area (Å²) in [6, 6.07) is 3.64. The summed E-state index contributed by atoms with van der Waals surface area (Å²) >= 11 is 0. The van der Waals surface area contributed by atoms with Gasteiger partial charge in [-0.05, 0) is 48.6 Å². The molecule has 0 fully saturated rings. The van der Waals surface area contributed by atoms with E-state index in [4.69, 9.17) is 28.4 Å². The van der Waals surface area contributed by atoms with E-state index in [1.165, 1.54) is 0 Å². The van der Waals surface area contributed by atoms with E-state index in [1.54, 1.807) is 27.4 Å². The van der Waals surface area contributed by atoms with Crippen LogP contribution in [0.15, 0.2) is 35.3 Å². The summed E-state index contributed by atoms with van der Waals surface area (Å²) in [5, 5.41) is 23.3. The molecule has 1 aliphatic heterocycles. The standard InChI is InChI=1S/C27H38O9/c1-6-8-26(29)27(30)18(13-34-15-28)10-19(20-11-23-24(12-21(20)27)36-16-35-23)17(7-2)9-22(32-4)25(33-5)14-31-3/h9,11-12,15,18-19,26,29-30H,6-8,10,13-14,16H2,1-5H3/b17-9+,25-22-/t18?,19-,26+,27?/m1/s1. The SMILES string of the molecule is CCC[C@H](O)C1(O)c2cc3c(cc2[C@@H](/C(=C/C(OC)=C(\COC)OC)CC)CC1COC=O)OCO3. The summed E-state index contributed by atoms with van der Waals surface area (Å²) < 4.78 is 32.8. The average molecular weight is 507 g/mol. The molecule has 0 saturated heterocycles. The van der Waals surface area contributed by atoms with Crippen molar-refractivity contribution in [3.05, 3.63) is 46.4 Å². The summed E-state index contributed by atoms with van der Waals surface area (Å²) in [7, 11) is 4.71. The molecule has 0 spiro atoms. The lowest BCUT2D eigenvalue weighted by Crippen LogP contribution is -2.51. The molecule has 0 radical (unpaired) electrons. The highest BCUT2D eigenvalue weighted by atomic mass is 16.7. The number of hydrogen-bond donors (Lipinski definition) is 2. The number of benzene rings is 1. The topological polar surface area (TPSA) is 113 Å². The van der Waals surface area contributed by atoms with Crippen molar-refractivity contribution in [3.63, 3.8) is 0 Å². The van der Waals surface area contributed by atoms with Gasteiger partial charge in [0.05, 0.1) is 26.9 Å². The molecule has 0 amide bonds. The normalized spacial score (nSPS) is 24.5. The van der Waals surface area contributed by atoms with Crippen molar-refractivity contribution < 1.29 is 43.4 Å². The molecule has 1 aliphatic carbocycles. The average Bonchev–Trinajstić information content (AvgIpc) is 3.35. The number of fused-ring (bicyclic) bond motifs is 2. The maximum atomic E-state index is 12.1. The summed E-state index contributed by atoms with van der Waals surface area (Å²) in [5.41, 5.74) is 0.752. The quantitative estimate of drug-likeness (QED) is 0.236. The van der Waals surface area contributed by atoms with Crippen LogP contribution in [0.4, 0.5) is 0 Å². The predicted molar refractivity (Wildman–Crippen MR) is 132 cm³/mol. The minimum atomic E-state index is -1.64. The third-order valence-corrected chi connectivity index (χ3v) is 7.12. The van der Waals surface area contributed by atoms with Crippen LogP contribution in [0.2, 0.25) is 0 Å². The van der Waals surface area contributed by atoms with Crippen LogP contribution < -0.4 is 9.47 Å². The fourth-order valence-electron chi connectivity index (χ4n) is 5.28. The highest BCUT2D eigenvalue weighted by Crippen LogP contribution is 2.54. The number of ether oxygens (including phenoxy) is 6. The highest BCUT2D eigenvalue weighted by Gasteiger charge is 2.51. The third-order valence-electron chi connectivity index (χ3n) is 7.12. The monoisotopic (exact) mass is 506 g/mol. The Morgan fingerprint density at radius 2 is 1.92 bits per heavy atom. The molecule has 2 aliphatic rings. The van der Waals surface area contributed by atoms with Gasteiger partial charge in [-0.2, -0.15) is 0 Å². The Morgan fingerprint density at radius 1 is 1.19 bits per heavy atom. The van der Waals surface area contributed by atoms with Crippen molar-refractivity contribution in [2.75, 3.05) is 41.3 Å². The number of hydrogen-bond acceptors (Lipinski definition) is 9. The maximum absolute atomic E-state index is 12.1. The molecule has 0 bridgehead atoms. The molecule has 3 rings (SSSR count). The number of aliphatic hydroxyl groups is 2. The van der Waals surface area contributed by atoms with Crippen molar-refractivity contribution in [2.24, 2.45) is 5.92 Å². The molecule has 36 heavy (non-hydrogen) atoms. The fraction of sp³-hybridized carbons (Fsp3) is 0.593. The van der Waals surface area contributed by atoms with Crippen molar-refractivity contribution in [1.29, 1.82) is 0 Å². The number of allylic oxidation sites excluding steroid dienone is 2. The number of methoxy groups -OCH3 is 3. The van der Waals surface area contributed by atoms with Crippen molar-refractivity contribution >= 4 is 6.47 Å². The number of aliphatic hydroxyl groups excluding tert-OH is 1. The van der Waals surface area contributed by atoms with E-state index in [2.05, 4.69) is 0 Å². The first-order valence-electron chi connectivity index (χ1n) is 12.3. The summed E-state index contributed by atoms with van der Waals surface area (Å²) in [5.74, 6) is 1.43. The van der Waals surface area contributed by atoms with Gasteiger partial charge in [0, 0.05) is 18.9 Å². The van der Waals surface area contributed by atoms with Crippen LogP contribution in [0.1, 0.15) is 56.6 Å². The van der Waals surface area contributed by atoms with Gasteiger partial charge in [-0.3, -0.25) is 4.79 Å². The van der Waals surface area contributed by atoms with Crippen molar-refractivity contribution in [2.45, 2.75) is 57.2 Å². The fourth-order valence-corrected chi connectivity index (χ4v) is 5.28. The molecule has 200 valence electrons. The van der Waals surface area contributed by atoms with Crippen LogP contribution in [0.25, 0.3) is 0 Å². The summed E-state index contributed by atoms with van der Waals surface area (Å²) in [4.78, 5) is 11.1. The maximum Gasteiger partial charge on any atom is 0.293 e. The second-order valence-corrected chi connectivity index (χ2v) is 9.04. The van der Waals surface area contributed by atoms with Gasteiger partial charge in [0.1, 0.15) is 12.2 Å². The van der Waals surface area contributed by atoms with E-state index in [0.717, 1.165) is 11.1 Å². The second-order valence-electron chi connectivity index (χ2n) is 9.04. The Kier molecular flexibility index (Phi) is 9.64. The molecule has 9 heteroatoms. The van der Waals surface area contributed by atoms with Gasteiger partial charge in [0.25, 0.3) is 6.47 Å². The molecule has 0 saturated carbocycles. The predicted octanol–water partition coefficient (Wildman–Crippen LogP) is 3.53. The summed E-state index contributed by atoms with van der Waals surface area (Å²) in [6.45, 7) is 4.64. The molecule has 1 aromatic rings. The second kappa shape index (κ2) is 12.5. The van der Waals surface area contributed by atoms with Gasteiger partial charge in [-0.1, -0.05) is 25.8 Å². The van der Waals surface area contributed by atoms with Crippen molar-refractivity contribution in [3.8, 4) is 11.5 Å². The Bertz CT molecular complexity index is 970. The molecular weight excluding hydrogens is 468 g/mol. The third kappa shape index (κ3) is 5.33. The lowest BCUT2D eigenvalue weighted by Gasteiger charge is -2.47. The van der Waals surface area contributed by atoms with Crippen LogP contribution in [0.3, 0.4) is 0 Å². The zero-order valence-corrected chi connectivity index (χ0v) is 21.7. The molecule has 2 N–H and O–H groups in total. The van der Waals surface area contributed by atoms with E-state index in [-0.39, 0.29) is 25.9 Å². The molecule has 1 heterocycles. The van der Waals surface area contributed by atoms with E-state index >= 15 is 0 Å². The Labute approximate surface area is 212 Å². The van der Waals surface area contributed by atoms with Gasteiger partial charge >= 0.3 is 0 Å². The largest absolute Gasteiger partial charge is 0.495 e. The lowest BCUT2D eigenvalue weighted by atomic mass is 9.62. The van der Waals surface area contributed by atoms with E-state index in [9.17, 15) is 15.0 Å². The van der Waals surface area contributed by atoms with E-state index in [0.29, 0.717) is 60.7 Å². The number of rotatable bonds is 13. The zero-order chi connectivity index (χ0) is 26.3. The Balaban J connectivity index is 2.22. The van der Waals surface area contributed by atoms with Crippen molar-refractivity contribution in [1.82, 2.24) is 0 Å². The van der Waals surface area contributed by atoms with Gasteiger partial charge in [-0.15, -0.1) is 0 Å². The summed E-state index contributed by atoms with van der Waals surface area (Å²) in [6.07, 6.45) is 3.03. The van der Waals surface area contributed by atoms with E-state index < -0.39 is 17.6 Å². The molecule has 4 atom stereocenters. The first kappa shape index (κ1) is 27.8. The molecule has 2 unspecified atom stereocenters. The zero-order valence-electron chi connectivity index (χ0n) is 21.7. The first-order chi connectivity index (χ1) is 17.4. The van der Waals surface area contributed by atoms with Gasteiger partial charge in [0.2, 0.25) is 6.79 Å². The van der Waals surface area contributed by atoms with Crippen LogP contribution in [-0.4, -0.2) is 64.1 Å². The smallest absolute Gasteiger partial charge is 0.293 e. The number of carbonyl (C=O) groups is 1. The van der Waals surface area contributed by atoms with Gasteiger partial charge in [0.15, 0.2) is 23.0 Å². The lowest BCUT2D eigenvalue weighted by molar-refractivity contribution is -0.155. The van der Waals surface area contributed by atoms with Crippen LogP contribution in [0.5, 0.6) is 11.5 Å². The number of carbonyl (C=O) groups excluding carboxylic acids is 1. The molecule has 9 nitrogen and oxygen atoms in total. The minimum Gasteiger partial charge on any atom is -0.495 e. The minimum absolute atomic E-state index is 0.0396. The van der Waals surface area contributed by atoms with E-state index in [1.807, 2.05) is 26.0 Å². The molecular formula is C27H38O9. The van der Waals surface area contributed by atoms with Gasteiger partial charge in [-0.25, -0.2) is 0 Å². The van der Waals surface area contributed by atoms with Gasteiger partial charge < -0.3 is 38.6 Å². The Hall–Kier alpha value is -2.75. The van der Waals surface area contributed by atoms with Crippen LogP contribution in [0, 0.1) is 5.92 Å². The molecule has 1 aromatic carbocycles. The van der Waals surface area contributed by atoms with Crippen LogP contribution >= 0.6 is 0 Å². The Morgan fingerprint density at radius 3 is 2.50 bits per heavy atom. The highest BCUT2D eigenvalue weighted by molar-refractivity contribution is 5.55.